The number of hydrogen-bond acceptors (Lipinski definition) is 5. The summed E-state index contributed by atoms with van der Waals surface area (Å²) in [6.07, 6.45) is 2.52. The molecule has 0 fully saturated rings. The molecule has 1 rings (SSSR count). The van der Waals surface area contributed by atoms with Gasteiger partial charge in [-0.2, -0.15) is 5.10 Å². The molecule has 0 saturated carbocycles. The largest absolute Gasteiger partial charge is 0.462 e. The summed E-state index contributed by atoms with van der Waals surface area (Å²) in [6, 6.07) is 0. The van der Waals surface area contributed by atoms with Gasteiger partial charge < -0.3 is 15.8 Å². The number of nitrogens with zero attached hydrogens (tertiary/aromatic N) is 2. The molecule has 0 aliphatic carbocycles. The first-order valence-electron chi connectivity index (χ1n) is 6.23. The highest BCUT2D eigenvalue weighted by Gasteiger charge is 2.16. The van der Waals surface area contributed by atoms with E-state index >= 15 is 0 Å². The van der Waals surface area contributed by atoms with E-state index < -0.39 is 0 Å². The fourth-order valence-corrected chi connectivity index (χ4v) is 1.65. The first-order chi connectivity index (χ1) is 9.06. The van der Waals surface area contributed by atoms with Gasteiger partial charge in [0.25, 0.3) is 0 Å². The number of primary amides is 1. The lowest BCUT2D eigenvalue weighted by Gasteiger charge is -2.07. The van der Waals surface area contributed by atoms with Gasteiger partial charge in [0.15, 0.2) is 0 Å². The monoisotopic (exact) mass is 268 g/mol. The minimum atomic E-state index is -0.371. The Balaban J connectivity index is 2.50. The zero-order valence-electron chi connectivity index (χ0n) is 11.3. The third-order valence-electron chi connectivity index (χ3n) is 2.63. The Kier molecular flexibility index (Phi) is 6.01. The molecule has 7 nitrogen and oxygen atoms in total. The van der Waals surface area contributed by atoms with Crippen molar-refractivity contribution in [3.05, 3.63) is 17.5 Å². The van der Waals surface area contributed by atoms with E-state index in [9.17, 15) is 9.59 Å². The summed E-state index contributed by atoms with van der Waals surface area (Å²) in [5.41, 5.74) is 6.27. The van der Waals surface area contributed by atoms with Gasteiger partial charge >= 0.3 is 5.97 Å². The van der Waals surface area contributed by atoms with Gasteiger partial charge in [0.1, 0.15) is 5.56 Å². The number of rotatable bonds is 8. The smallest absolute Gasteiger partial charge is 0.341 e. The highest BCUT2D eigenvalue weighted by atomic mass is 16.5. The lowest BCUT2D eigenvalue weighted by molar-refractivity contribution is -0.118. The second-order valence-electron chi connectivity index (χ2n) is 4.10. The highest BCUT2D eigenvalue weighted by Crippen LogP contribution is 2.09. The molecule has 19 heavy (non-hydrogen) atoms. The number of carbonyl (C=O) groups excluding carboxylic acids is 2. The van der Waals surface area contributed by atoms with E-state index in [1.54, 1.807) is 18.7 Å². The van der Waals surface area contributed by atoms with Gasteiger partial charge in [0, 0.05) is 20.0 Å². The molecular formula is C12H20N4O3. The Hall–Kier alpha value is -1.89. The van der Waals surface area contributed by atoms with E-state index in [-0.39, 0.29) is 11.9 Å². The van der Waals surface area contributed by atoms with Gasteiger partial charge in [-0.15, -0.1) is 0 Å². The second-order valence-corrected chi connectivity index (χ2v) is 4.10. The molecule has 0 aliphatic rings. The van der Waals surface area contributed by atoms with Crippen LogP contribution < -0.4 is 11.1 Å². The van der Waals surface area contributed by atoms with Crippen molar-refractivity contribution >= 4 is 11.9 Å². The van der Waals surface area contributed by atoms with E-state index in [1.807, 2.05) is 0 Å². The van der Waals surface area contributed by atoms with Gasteiger partial charge in [-0.3, -0.25) is 9.48 Å². The number of amides is 1. The summed E-state index contributed by atoms with van der Waals surface area (Å²) >= 11 is 0. The van der Waals surface area contributed by atoms with Crippen molar-refractivity contribution in [3.8, 4) is 0 Å². The summed E-state index contributed by atoms with van der Waals surface area (Å²) < 4.78 is 6.59. The number of esters is 1. The molecule has 0 atom stereocenters. The molecule has 1 heterocycles. The topological polar surface area (TPSA) is 99.2 Å². The van der Waals surface area contributed by atoms with E-state index in [0.717, 1.165) is 5.69 Å². The fraction of sp³-hybridized carbons (Fsp3) is 0.583. The summed E-state index contributed by atoms with van der Waals surface area (Å²) in [5.74, 6) is -0.681. The van der Waals surface area contributed by atoms with Crippen LogP contribution >= 0.6 is 0 Å². The molecule has 3 N–H and O–H groups in total. The normalized spacial score (nSPS) is 10.4. The molecule has 0 unspecified atom stereocenters. The molecule has 0 aliphatic heterocycles. The van der Waals surface area contributed by atoms with Crippen molar-refractivity contribution in [2.24, 2.45) is 12.8 Å². The highest BCUT2D eigenvalue weighted by molar-refractivity contribution is 5.90. The van der Waals surface area contributed by atoms with Crippen molar-refractivity contribution in [1.82, 2.24) is 15.1 Å². The van der Waals surface area contributed by atoms with Crippen LogP contribution in [0, 0.1) is 0 Å². The Morgan fingerprint density at radius 1 is 1.53 bits per heavy atom. The van der Waals surface area contributed by atoms with Crippen LogP contribution in [0.1, 0.15) is 35.8 Å². The Morgan fingerprint density at radius 3 is 2.89 bits per heavy atom. The lowest BCUT2D eigenvalue weighted by Crippen LogP contribution is -2.21. The summed E-state index contributed by atoms with van der Waals surface area (Å²) in [7, 11) is 1.77. The van der Waals surface area contributed by atoms with Crippen molar-refractivity contribution in [3.63, 3.8) is 0 Å². The number of aromatic nitrogens is 2. The standard InChI is InChI=1S/C12H20N4O3/c1-3-19-12(18)9-7-15-16(2)10(9)8-14-6-4-5-11(13)17/h7,14H,3-6,8H2,1-2H3,(H2,13,17). The molecule has 0 radical (unpaired) electrons. The molecule has 0 spiro atoms. The third kappa shape index (κ3) is 4.70. The van der Waals surface area contributed by atoms with Gasteiger partial charge in [0.05, 0.1) is 18.5 Å². The molecule has 1 aromatic heterocycles. The summed E-state index contributed by atoms with van der Waals surface area (Å²) in [6.45, 7) is 3.23. The van der Waals surface area contributed by atoms with E-state index in [4.69, 9.17) is 10.5 Å². The van der Waals surface area contributed by atoms with E-state index in [0.29, 0.717) is 38.1 Å². The van der Waals surface area contributed by atoms with Crippen LogP contribution in [0.2, 0.25) is 0 Å². The predicted octanol–water partition coefficient (Wildman–Crippen LogP) is -0.0481. The Morgan fingerprint density at radius 2 is 2.26 bits per heavy atom. The third-order valence-corrected chi connectivity index (χ3v) is 2.63. The molecule has 106 valence electrons. The Bertz CT molecular complexity index is 442. The van der Waals surface area contributed by atoms with Crippen LogP contribution in [0.15, 0.2) is 6.20 Å². The lowest BCUT2D eigenvalue weighted by atomic mass is 10.2. The van der Waals surface area contributed by atoms with Gasteiger partial charge in [-0.05, 0) is 19.9 Å². The van der Waals surface area contributed by atoms with Crippen molar-refractivity contribution < 1.29 is 14.3 Å². The van der Waals surface area contributed by atoms with Crippen molar-refractivity contribution in [2.45, 2.75) is 26.3 Å². The molecule has 1 amide bonds. The molecule has 0 bridgehead atoms. The van der Waals surface area contributed by atoms with E-state index in [2.05, 4.69) is 10.4 Å². The van der Waals surface area contributed by atoms with Crippen LogP contribution in [0.5, 0.6) is 0 Å². The second kappa shape index (κ2) is 7.52. The van der Waals surface area contributed by atoms with Crippen LogP contribution in [-0.2, 0) is 23.1 Å². The van der Waals surface area contributed by atoms with Gasteiger partial charge in [-0.25, -0.2) is 4.79 Å². The number of aryl methyl sites for hydroxylation is 1. The van der Waals surface area contributed by atoms with Crippen molar-refractivity contribution in [2.75, 3.05) is 13.2 Å². The van der Waals surface area contributed by atoms with Crippen LogP contribution in [0.4, 0.5) is 0 Å². The van der Waals surface area contributed by atoms with E-state index in [1.165, 1.54) is 6.20 Å². The van der Waals surface area contributed by atoms with Gasteiger partial charge in [-0.1, -0.05) is 0 Å². The quantitative estimate of drug-likeness (QED) is 0.509. The SMILES string of the molecule is CCOC(=O)c1cnn(C)c1CNCCCC(N)=O. The zero-order chi connectivity index (χ0) is 14.3. The molecule has 0 aromatic carbocycles. The first kappa shape index (κ1) is 15.2. The van der Waals surface area contributed by atoms with Gasteiger partial charge in [0.2, 0.25) is 5.91 Å². The molecular weight excluding hydrogens is 248 g/mol. The molecule has 7 heteroatoms. The van der Waals surface area contributed by atoms with Crippen LogP contribution in [0.25, 0.3) is 0 Å². The summed E-state index contributed by atoms with van der Waals surface area (Å²) in [4.78, 5) is 22.3. The van der Waals surface area contributed by atoms with Crippen LogP contribution in [0.3, 0.4) is 0 Å². The maximum atomic E-state index is 11.7. The Labute approximate surface area is 112 Å². The molecule has 0 saturated heterocycles. The predicted molar refractivity (Wildman–Crippen MR) is 69.3 cm³/mol. The van der Waals surface area contributed by atoms with Crippen LogP contribution in [-0.4, -0.2) is 34.8 Å². The summed E-state index contributed by atoms with van der Waals surface area (Å²) in [5, 5.41) is 7.19. The zero-order valence-corrected chi connectivity index (χ0v) is 11.3. The number of nitrogens with two attached hydrogens (primary N) is 1. The maximum absolute atomic E-state index is 11.7. The number of ether oxygens (including phenoxy) is 1. The average molecular weight is 268 g/mol. The fourth-order valence-electron chi connectivity index (χ4n) is 1.65. The number of hydrogen-bond donors (Lipinski definition) is 2. The van der Waals surface area contributed by atoms with Crippen molar-refractivity contribution in [1.29, 1.82) is 0 Å². The maximum Gasteiger partial charge on any atom is 0.341 e. The minimum Gasteiger partial charge on any atom is -0.462 e. The minimum absolute atomic E-state index is 0.311. The molecule has 1 aromatic rings. The average Bonchev–Trinajstić information content (AvgIpc) is 2.70. The number of carbonyl (C=O) groups is 2. The number of nitrogens with one attached hydrogen (secondary N) is 1. The first-order valence-corrected chi connectivity index (χ1v) is 6.23.